The lowest BCUT2D eigenvalue weighted by Crippen LogP contribution is -2.63. The van der Waals surface area contributed by atoms with Crippen LogP contribution in [0.25, 0.3) is 0 Å². The zero-order valence-electron chi connectivity index (χ0n) is 23.3. The van der Waals surface area contributed by atoms with E-state index in [0.717, 1.165) is 37.7 Å². The molecule has 1 saturated heterocycles. The fraction of sp³-hybridized carbons (Fsp3) is 0.867. The molecule has 4 saturated carbocycles. The lowest BCUT2D eigenvalue weighted by Gasteiger charge is -2.63. The minimum atomic E-state index is -1.11. The Morgan fingerprint density at radius 3 is 2.54 bits per heavy atom. The number of aliphatic hydroxyl groups is 3. The smallest absolute Gasteiger partial charge is 0.331 e. The number of methoxy groups -OCH3 is 1. The van der Waals surface area contributed by atoms with E-state index in [0.29, 0.717) is 32.3 Å². The van der Waals surface area contributed by atoms with E-state index < -0.39 is 41.7 Å². The van der Waals surface area contributed by atoms with Gasteiger partial charge in [0.05, 0.1) is 17.8 Å². The molecule has 2 aliphatic heterocycles. The quantitative estimate of drug-likeness (QED) is 0.269. The summed E-state index contributed by atoms with van der Waals surface area (Å²) in [4.78, 5) is 24.8. The number of esters is 1. The van der Waals surface area contributed by atoms with Crippen molar-refractivity contribution in [2.45, 2.75) is 114 Å². The van der Waals surface area contributed by atoms with Gasteiger partial charge < -0.3 is 39.1 Å². The second-order valence-electron chi connectivity index (χ2n) is 13.4. The molecule has 5 fully saturated rings. The molecule has 3 N–H and O–H groups in total. The molecule has 0 spiro atoms. The molecule has 218 valence electrons. The molecule has 0 radical (unpaired) electrons. The van der Waals surface area contributed by atoms with Gasteiger partial charge in [-0.2, -0.15) is 0 Å². The summed E-state index contributed by atoms with van der Waals surface area (Å²) in [6, 6.07) is 0. The van der Waals surface area contributed by atoms with Gasteiger partial charge in [-0.1, -0.05) is 6.92 Å². The first-order chi connectivity index (χ1) is 18.6. The second kappa shape index (κ2) is 9.88. The van der Waals surface area contributed by atoms with E-state index >= 15 is 0 Å². The van der Waals surface area contributed by atoms with E-state index in [2.05, 4.69) is 6.92 Å². The minimum Gasteiger partial charge on any atom is -0.458 e. The Kier molecular flexibility index (Phi) is 7.04. The molecule has 4 aliphatic carbocycles. The lowest BCUT2D eigenvalue weighted by atomic mass is 9.43. The van der Waals surface area contributed by atoms with Gasteiger partial charge in [-0.3, -0.25) is 0 Å². The molecule has 2 heterocycles. The van der Waals surface area contributed by atoms with Crippen LogP contribution in [-0.4, -0.2) is 83.7 Å². The SMILES string of the molecule is CO[C@H]1[C@H](O)[C@H](OC2CC[C@@]3(C=O)C(CC[C@@H]4[C@@H]3CC[C@]3(C)[C@@H](C5=CC(=O)OC5)CC[C@]43O)C2)O[C@@H](C)[C@@H]1O. The Bertz CT molecular complexity index is 1010. The summed E-state index contributed by atoms with van der Waals surface area (Å²) >= 11 is 0. The van der Waals surface area contributed by atoms with Gasteiger partial charge in [-0.05, 0) is 94.0 Å². The molecular weight excluding hydrogens is 504 g/mol. The van der Waals surface area contributed by atoms with Crippen LogP contribution in [0.3, 0.4) is 0 Å². The van der Waals surface area contributed by atoms with Crippen molar-refractivity contribution in [2.75, 3.05) is 13.7 Å². The zero-order chi connectivity index (χ0) is 27.7. The number of aldehydes is 1. The van der Waals surface area contributed by atoms with Crippen LogP contribution in [0.2, 0.25) is 0 Å². The third kappa shape index (κ3) is 4.02. The average Bonchev–Trinajstić information content (AvgIpc) is 3.47. The first-order valence-corrected chi connectivity index (χ1v) is 14.8. The number of aliphatic hydroxyl groups excluding tert-OH is 2. The molecular formula is C30H44O9. The predicted molar refractivity (Wildman–Crippen MR) is 138 cm³/mol. The number of rotatable bonds is 5. The van der Waals surface area contributed by atoms with Gasteiger partial charge in [-0.15, -0.1) is 0 Å². The molecule has 0 aromatic heterocycles. The van der Waals surface area contributed by atoms with Crippen LogP contribution in [-0.2, 0) is 28.5 Å². The van der Waals surface area contributed by atoms with E-state index in [1.54, 1.807) is 13.0 Å². The lowest BCUT2D eigenvalue weighted by molar-refractivity contribution is -0.312. The van der Waals surface area contributed by atoms with E-state index in [1.165, 1.54) is 13.4 Å². The van der Waals surface area contributed by atoms with Crippen molar-refractivity contribution in [3.63, 3.8) is 0 Å². The van der Waals surface area contributed by atoms with Crippen molar-refractivity contribution < 1.29 is 43.9 Å². The Balaban J connectivity index is 1.18. The molecule has 9 nitrogen and oxygen atoms in total. The summed E-state index contributed by atoms with van der Waals surface area (Å²) < 4.78 is 22.6. The van der Waals surface area contributed by atoms with Gasteiger partial charge in [0, 0.05) is 24.0 Å². The van der Waals surface area contributed by atoms with Crippen LogP contribution >= 0.6 is 0 Å². The fourth-order valence-corrected chi connectivity index (χ4v) is 10.00. The van der Waals surface area contributed by atoms with Gasteiger partial charge in [0.2, 0.25) is 0 Å². The number of carbonyl (C=O) groups is 2. The highest BCUT2D eigenvalue weighted by Crippen LogP contribution is 2.69. The van der Waals surface area contributed by atoms with Gasteiger partial charge in [0.15, 0.2) is 6.29 Å². The Morgan fingerprint density at radius 2 is 1.85 bits per heavy atom. The molecule has 6 aliphatic rings. The van der Waals surface area contributed by atoms with Crippen LogP contribution < -0.4 is 0 Å². The van der Waals surface area contributed by atoms with Crippen LogP contribution in [0.15, 0.2) is 11.6 Å². The molecule has 2 unspecified atom stereocenters. The van der Waals surface area contributed by atoms with Crippen molar-refractivity contribution >= 4 is 12.3 Å². The molecule has 0 amide bonds. The molecule has 13 atom stereocenters. The van der Waals surface area contributed by atoms with Gasteiger partial charge in [0.25, 0.3) is 0 Å². The highest BCUT2D eigenvalue weighted by atomic mass is 16.7. The van der Waals surface area contributed by atoms with Crippen LogP contribution in [0.1, 0.15) is 71.6 Å². The van der Waals surface area contributed by atoms with Gasteiger partial charge >= 0.3 is 5.97 Å². The van der Waals surface area contributed by atoms with Crippen molar-refractivity contribution in [1.29, 1.82) is 0 Å². The highest BCUT2D eigenvalue weighted by Gasteiger charge is 2.68. The predicted octanol–water partition coefficient (Wildman–Crippen LogP) is 2.29. The number of hydrogen-bond acceptors (Lipinski definition) is 9. The molecule has 6 rings (SSSR count). The van der Waals surface area contributed by atoms with Gasteiger partial charge in [0.1, 0.15) is 31.2 Å². The number of cyclic esters (lactones) is 1. The van der Waals surface area contributed by atoms with Crippen molar-refractivity contribution in [2.24, 2.45) is 34.5 Å². The largest absolute Gasteiger partial charge is 0.458 e. The average molecular weight is 549 g/mol. The summed E-state index contributed by atoms with van der Waals surface area (Å²) in [6.07, 6.45) is 5.39. The fourth-order valence-electron chi connectivity index (χ4n) is 10.00. The maximum Gasteiger partial charge on any atom is 0.331 e. The maximum atomic E-state index is 13.0. The maximum absolute atomic E-state index is 13.0. The summed E-state index contributed by atoms with van der Waals surface area (Å²) in [5.41, 5.74) is -0.682. The van der Waals surface area contributed by atoms with Crippen molar-refractivity contribution in [3.05, 3.63) is 11.6 Å². The van der Waals surface area contributed by atoms with E-state index in [1.807, 2.05) is 0 Å². The second-order valence-corrected chi connectivity index (χ2v) is 13.4. The summed E-state index contributed by atoms with van der Waals surface area (Å²) in [6.45, 7) is 4.25. The number of carbonyl (C=O) groups excluding carboxylic acids is 2. The molecule has 0 bridgehead atoms. The third-order valence-corrected chi connectivity index (χ3v) is 12.1. The Labute approximate surface area is 230 Å². The van der Waals surface area contributed by atoms with Crippen LogP contribution in [0.4, 0.5) is 0 Å². The van der Waals surface area contributed by atoms with E-state index in [9.17, 15) is 24.9 Å². The topological polar surface area (TPSA) is 132 Å². The third-order valence-electron chi connectivity index (χ3n) is 12.1. The number of ether oxygens (including phenoxy) is 4. The number of fused-ring (bicyclic) bond motifs is 5. The molecule has 9 heteroatoms. The molecule has 39 heavy (non-hydrogen) atoms. The summed E-state index contributed by atoms with van der Waals surface area (Å²) in [5, 5.41) is 33.4. The highest BCUT2D eigenvalue weighted by molar-refractivity contribution is 5.85. The normalized spacial score (nSPS) is 53.3. The van der Waals surface area contributed by atoms with Crippen molar-refractivity contribution in [1.82, 2.24) is 0 Å². The van der Waals surface area contributed by atoms with Crippen LogP contribution in [0.5, 0.6) is 0 Å². The summed E-state index contributed by atoms with van der Waals surface area (Å²) in [7, 11) is 1.46. The monoisotopic (exact) mass is 548 g/mol. The van der Waals surface area contributed by atoms with E-state index in [-0.39, 0.29) is 41.2 Å². The van der Waals surface area contributed by atoms with Gasteiger partial charge in [-0.25, -0.2) is 4.79 Å². The zero-order valence-corrected chi connectivity index (χ0v) is 23.3. The van der Waals surface area contributed by atoms with Crippen LogP contribution in [0, 0.1) is 34.5 Å². The first-order valence-electron chi connectivity index (χ1n) is 14.8. The molecule has 0 aromatic carbocycles. The first kappa shape index (κ1) is 27.8. The Morgan fingerprint density at radius 1 is 1.05 bits per heavy atom. The standard InChI is InChI=1S/C30H44O9/c1-16-24(33)26(36-3)25(34)27(38-16)39-19-6-10-29(15-31)18(13-19)4-5-22-21(29)7-9-28(2)20(8-11-30(22,28)35)17-12-23(32)37-14-17/h12,15-16,18-22,24-27,33-35H,4-11,13-14H2,1-3H3/t16-,18?,19?,20+,21-,22+,24-,25-,26+,27-,28+,29+,30-/m0/s1. The summed E-state index contributed by atoms with van der Waals surface area (Å²) in [5.74, 6) is 0.152. The minimum absolute atomic E-state index is 0.0482. The Hall–Kier alpha value is -1.36. The van der Waals surface area contributed by atoms with Crippen molar-refractivity contribution in [3.8, 4) is 0 Å². The van der Waals surface area contributed by atoms with E-state index in [4.69, 9.17) is 18.9 Å². The number of hydrogen-bond donors (Lipinski definition) is 3. The molecule has 0 aromatic rings.